The maximum absolute atomic E-state index is 10.3. The Kier molecular flexibility index (Phi) is 4.24. The average Bonchev–Trinajstić information content (AvgIpc) is 2.94. The largest absolute Gasteiger partial charge is 0.386 e. The molecule has 4 heteroatoms. The van der Waals surface area contributed by atoms with Crippen LogP contribution in [0, 0.1) is 0 Å². The number of hydrogen-bond donors (Lipinski definition) is 2. The van der Waals surface area contributed by atoms with Gasteiger partial charge in [0.2, 0.25) is 0 Å². The minimum Gasteiger partial charge on any atom is -0.386 e. The van der Waals surface area contributed by atoms with Crippen LogP contribution in [0.2, 0.25) is 0 Å². The summed E-state index contributed by atoms with van der Waals surface area (Å²) in [7, 11) is 0. The van der Waals surface area contributed by atoms with Gasteiger partial charge in [-0.25, -0.2) is 0 Å². The third-order valence-corrected chi connectivity index (χ3v) is 4.42. The highest BCUT2D eigenvalue weighted by Crippen LogP contribution is 2.21. The Morgan fingerprint density at radius 2 is 2.00 bits per heavy atom. The van der Waals surface area contributed by atoms with Crippen LogP contribution in [-0.4, -0.2) is 49.6 Å². The van der Waals surface area contributed by atoms with Crippen molar-refractivity contribution in [2.45, 2.75) is 30.9 Å². The summed E-state index contributed by atoms with van der Waals surface area (Å²) in [5.74, 6) is 0. The summed E-state index contributed by atoms with van der Waals surface area (Å²) in [5, 5.41) is 13.8. The number of aliphatic hydroxyl groups is 1. The molecule has 1 atom stereocenters. The standard InChI is InChI=1S/C16H24N2O2/c19-16(8-11-20-13-16)12-17-14-6-9-18(10-7-14)15-4-2-1-3-5-15/h1-5,14,17,19H,6-13H2. The van der Waals surface area contributed by atoms with Gasteiger partial charge in [0, 0.05) is 44.4 Å². The fourth-order valence-corrected chi connectivity index (χ4v) is 3.05. The number of para-hydroxylation sites is 1. The van der Waals surface area contributed by atoms with Gasteiger partial charge in [0.25, 0.3) is 0 Å². The molecule has 110 valence electrons. The second-order valence-electron chi connectivity index (χ2n) is 6.00. The van der Waals surface area contributed by atoms with E-state index in [0.29, 0.717) is 25.8 Å². The summed E-state index contributed by atoms with van der Waals surface area (Å²) >= 11 is 0. The van der Waals surface area contributed by atoms with Gasteiger partial charge in [-0.1, -0.05) is 18.2 Å². The molecule has 2 N–H and O–H groups in total. The molecule has 3 rings (SSSR count). The van der Waals surface area contributed by atoms with Gasteiger partial charge in [-0.15, -0.1) is 0 Å². The molecule has 1 unspecified atom stereocenters. The zero-order valence-electron chi connectivity index (χ0n) is 11.9. The Bertz CT molecular complexity index is 410. The van der Waals surface area contributed by atoms with E-state index >= 15 is 0 Å². The number of benzene rings is 1. The van der Waals surface area contributed by atoms with E-state index in [0.717, 1.165) is 32.4 Å². The lowest BCUT2D eigenvalue weighted by atomic mass is 10.00. The molecule has 0 amide bonds. The number of anilines is 1. The first kappa shape index (κ1) is 13.9. The van der Waals surface area contributed by atoms with Crippen molar-refractivity contribution >= 4 is 5.69 Å². The van der Waals surface area contributed by atoms with Crippen molar-refractivity contribution < 1.29 is 9.84 Å². The summed E-state index contributed by atoms with van der Waals surface area (Å²) in [6, 6.07) is 11.1. The lowest BCUT2D eigenvalue weighted by molar-refractivity contribution is 0.0241. The van der Waals surface area contributed by atoms with Gasteiger partial charge in [0.15, 0.2) is 0 Å². The van der Waals surface area contributed by atoms with Crippen LogP contribution < -0.4 is 10.2 Å². The fourth-order valence-electron chi connectivity index (χ4n) is 3.05. The van der Waals surface area contributed by atoms with Gasteiger partial charge in [-0.05, 0) is 25.0 Å². The Hall–Kier alpha value is -1.10. The molecule has 1 aromatic rings. The predicted molar refractivity (Wildman–Crippen MR) is 80.1 cm³/mol. The summed E-state index contributed by atoms with van der Waals surface area (Å²) in [6.07, 6.45) is 3.01. The maximum Gasteiger partial charge on any atom is 0.102 e. The van der Waals surface area contributed by atoms with Crippen LogP contribution in [0.25, 0.3) is 0 Å². The van der Waals surface area contributed by atoms with E-state index in [1.54, 1.807) is 0 Å². The molecule has 2 aliphatic heterocycles. The molecular formula is C16H24N2O2. The molecule has 0 spiro atoms. The van der Waals surface area contributed by atoms with Crippen LogP contribution in [0.5, 0.6) is 0 Å². The Morgan fingerprint density at radius 3 is 2.65 bits per heavy atom. The molecule has 4 nitrogen and oxygen atoms in total. The number of hydrogen-bond acceptors (Lipinski definition) is 4. The quantitative estimate of drug-likeness (QED) is 0.872. The number of ether oxygens (including phenoxy) is 1. The lowest BCUT2D eigenvalue weighted by Gasteiger charge is -2.35. The Balaban J connectivity index is 1.44. The van der Waals surface area contributed by atoms with Crippen LogP contribution in [0.1, 0.15) is 19.3 Å². The van der Waals surface area contributed by atoms with Crippen molar-refractivity contribution in [3.63, 3.8) is 0 Å². The first-order valence-corrected chi connectivity index (χ1v) is 7.59. The van der Waals surface area contributed by atoms with Gasteiger partial charge in [-0.3, -0.25) is 0 Å². The molecule has 0 bridgehead atoms. The van der Waals surface area contributed by atoms with Gasteiger partial charge in [0.05, 0.1) is 6.61 Å². The van der Waals surface area contributed by atoms with Gasteiger partial charge < -0.3 is 20.1 Å². The predicted octanol–water partition coefficient (Wildman–Crippen LogP) is 1.40. The van der Waals surface area contributed by atoms with Crippen molar-refractivity contribution in [3.05, 3.63) is 30.3 Å². The smallest absolute Gasteiger partial charge is 0.102 e. The normalized spacial score (nSPS) is 27.9. The second kappa shape index (κ2) is 6.12. The molecule has 1 aromatic carbocycles. The van der Waals surface area contributed by atoms with Crippen LogP contribution in [-0.2, 0) is 4.74 Å². The summed E-state index contributed by atoms with van der Waals surface area (Å²) in [6.45, 7) is 3.98. The van der Waals surface area contributed by atoms with E-state index in [9.17, 15) is 5.11 Å². The van der Waals surface area contributed by atoms with Crippen molar-refractivity contribution in [1.82, 2.24) is 5.32 Å². The third kappa shape index (κ3) is 3.32. The highest BCUT2D eigenvalue weighted by Gasteiger charge is 2.33. The summed E-state index contributed by atoms with van der Waals surface area (Å²) < 4.78 is 5.28. The monoisotopic (exact) mass is 276 g/mol. The van der Waals surface area contributed by atoms with Crippen molar-refractivity contribution in [2.24, 2.45) is 0 Å². The Morgan fingerprint density at radius 1 is 1.25 bits per heavy atom. The summed E-state index contributed by atoms with van der Waals surface area (Å²) in [5.41, 5.74) is 0.671. The van der Waals surface area contributed by atoms with Gasteiger partial charge in [0.1, 0.15) is 5.60 Å². The molecular weight excluding hydrogens is 252 g/mol. The van der Waals surface area contributed by atoms with Crippen molar-refractivity contribution in [2.75, 3.05) is 37.7 Å². The molecule has 2 saturated heterocycles. The zero-order chi connectivity index (χ0) is 13.8. The van der Waals surface area contributed by atoms with Crippen LogP contribution in [0.4, 0.5) is 5.69 Å². The Labute approximate surface area is 120 Å². The van der Waals surface area contributed by atoms with Gasteiger partial charge in [-0.2, -0.15) is 0 Å². The topological polar surface area (TPSA) is 44.7 Å². The number of piperidine rings is 1. The minimum absolute atomic E-state index is 0.475. The van der Waals surface area contributed by atoms with E-state index in [-0.39, 0.29) is 0 Å². The molecule has 0 radical (unpaired) electrons. The molecule has 0 aliphatic carbocycles. The highest BCUT2D eigenvalue weighted by molar-refractivity contribution is 5.46. The molecule has 20 heavy (non-hydrogen) atoms. The minimum atomic E-state index is -0.642. The zero-order valence-corrected chi connectivity index (χ0v) is 11.9. The van der Waals surface area contributed by atoms with E-state index in [4.69, 9.17) is 4.74 Å². The fraction of sp³-hybridized carbons (Fsp3) is 0.625. The molecule has 2 fully saturated rings. The van der Waals surface area contributed by atoms with E-state index in [1.807, 2.05) is 0 Å². The second-order valence-corrected chi connectivity index (χ2v) is 6.00. The lowest BCUT2D eigenvalue weighted by Crippen LogP contribution is -2.49. The van der Waals surface area contributed by atoms with E-state index in [1.165, 1.54) is 5.69 Å². The molecule has 2 heterocycles. The SMILES string of the molecule is OC1(CNC2CCN(c3ccccc3)CC2)CCOC1. The highest BCUT2D eigenvalue weighted by atomic mass is 16.5. The maximum atomic E-state index is 10.3. The number of nitrogens with zero attached hydrogens (tertiary/aromatic N) is 1. The van der Waals surface area contributed by atoms with Crippen LogP contribution in [0.15, 0.2) is 30.3 Å². The third-order valence-electron chi connectivity index (χ3n) is 4.42. The number of nitrogens with one attached hydrogen (secondary N) is 1. The van der Waals surface area contributed by atoms with Crippen LogP contribution >= 0.6 is 0 Å². The number of rotatable bonds is 4. The van der Waals surface area contributed by atoms with E-state index in [2.05, 4.69) is 40.5 Å². The van der Waals surface area contributed by atoms with E-state index < -0.39 is 5.60 Å². The van der Waals surface area contributed by atoms with Gasteiger partial charge >= 0.3 is 0 Å². The molecule has 0 aromatic heterocycles. The first-order valence-electron chi connectivity index (χ1n) is 7.59. The molecule has 2 aliphatic rings. The average molecular weight is 276 g/mol. The molecule has 0 saturated carbocycles. The first-order chi connectivity index (χ1) is 9.75. The van der Waals surface area contributed by atoms with Crippen molar-refractivity contribution in [1.29, 1.82) is 0 Å². The summed E-state index contributed by atoms with van der Waals surface area (Å²) in [4.78, 5) is 2.44. The van der Waals surface area contributed by atoms with Crippen molar-refractivity contribution in [3.8, 4) is 0 Å². The van der Waals surface area contributed by atoms with Crippen LogP contribution in [0.3, 0.4) is 0 Å².